The zero-order valence-corrected chi connectivity index (χ0v) is 12.2. The van der Waals surface area contributed by atoms with E-state index in [4.69, 9.17) is 4.74 Å². The van der Waals surface area contributed by atoms with Crippen LogP contribution in [-0.4, -0.2) is 30.5 Å². The molecule has 0 unspecified atom stereocenters. The first-order chi connectivity index (χ1) is 9.36. The summed E-state index contributed by atoms with van der Waals surface area (Å²) in [6.07, 6.45) is -3.51. The highest BCUT2D eigenvalue weighted by Gasteiger charge is 2.37. The van der Waals surface area contributed by atoms with Gasteiger partial charge in [0.05, 0.1) is 17.7 Å². The third-order valence-corrected chi connectivity index (χ3v) is 3.93. The Morgan fingerprint density at radius 2 is 1.95 bits per heavy atom. The number of aliphatic hydroxyl groups excluding tert-OH is 1. The number of hydrogen-bond acceptors (Lipinski definition) is 3. The van der Waals surface area contributed by atoms with E-state index in [0.717, 1.165) is 6.07 Å². The molecule has 0 spiro atoms. The second kappa shape index (κ2) is 5.91. The van der Waals surface area contributed by atoms with Gasteiger partial charge < -0.3 is 15.2 Å². The number of aliphatic hydroxyl groups is 1. The molecule has 2 rings (SSSR count). The van der Waals surface area contributed by atoms with Gasteiger partial charge in [-0.3, -0.25) is 0 Å². The summed E-state index contributed by atoms with van der Waals surface area (Å²) >= 11 is 3.05. The zero-order valence-electron chi connectivity index (χ0n) is 10.6. The molecule has 0 aliphatic carbocycles. The quantitative estimate of drug-likeness (QED) is 0.874. The lowest BCUT2D eigenvalue weighted by Crippen LogP contribution is -2.47. The van der Waals surface area contributed by atoms with Crippen molar-refractivity contribution < 1.29 is 23.0 Å². The summed E-state index contributed by atoms with van der Waals surface area (Å²) in [6.45, 7) is 0.612. The summed E-state index contributed by atoms with van der Waals surface area (Å²) < 4.78 is 44.8. The maximum Gasteiger partial charge on any atom is 0.418 e. The van der Waals surface area contributed by atoms with Crippen molar-refractivity contribution in [1.29, 1.82) is 0 Å². The van der Waals surface area contributed by atoms with Gasteiger partial charge in [0.15, 0.2) is 0 Å². The summed E-state index contributed by atoms with van der Waals surface area (Å²) in [5.74, 6) is 0. The Labute approximate surface area is 123 Å². The Hall–Kier alpha value is -0.790. The highest BCUT2D eigenvalue weighted by atomic mass is 79.9. The molecule has 1 heterocycles. The number of anilines is 1. The van der Waals surface area contributed by atoms with E-state index in [0.29, 0.717) is 30.5 Å². The molecule has 3 nitrogen and oxygen atoms in total. The van der Waals surface area contributed by atoms with Crippen LogP contribution in [0.25, 0.3) is 0 Å². The van der Waals surface area contributed by atoms with Crippen molar-refractivity contribution in [2.75, 3.05) is 25.1 Å². The lowest BCUT2D eigenvalue weighted by molar-refractivity contribution is -0.137. The summed E-state index contributed by atoms with van der Waals surface area (Å²) in [4.78, 5) is 0. The largest absolute Gasteiger partial charge is 0.418 e. The lowest BCUT2D eigenvalue weighted by Gasteiger charge is -2.38. The van der Waals surface area contributed by atoms with E-state index in [9.17, 15) is 18.3 Å². The normalized spacial score (nSPS) is 18.9. The first-order valence-corrected chi connectivity index (χ1v) is 6.99. The van der Waals surface area contributed by atoms with Gasteiger partial charge in [-0.15, -0.1) is 0 Å². The first kappa shape index (κ1) is 15.6. The standard InChI is InChI=1S/C13H15BrF3NO2/c14-9-1-2-11(10(7-9)13(15,16)17)18-12(8-19)3-5-20-6-4-12/h1-2,7,18-19H,3-6,8H2. The average molecular weight is 354 g/mol. The van der Waals surface area contributed by atoms with Crippen molar-refractivity contribution in [3.63, 3.8) is 0 Å². The minimum atomic E-state index is -4.45. The second-order valence-corrected chi connectivity index (χ2v) is 5.78. The van der Waals surface area contributed by atoms with Crippen molar-refractivity contribution in [3.8, 4) is 0 Å². The Morgan fingerprint density at radius 3 is 2.50 bits per heavy atom. The van der Waals surface area contributed by atoms with Gasteiger partial charge in [0, 0.05) is 23.4 Å². The van der Waals surface area contributed by atoms with E-state index in [1.54, 1.807) is 6.07 Å². The highest BCUT2D eigenvalue weighted by Crippen LogP contribution is 2.38. The second-order valence-electron chi connectivity index (χ2n) is 4.86. The lowest BCUT2D eigenvalue weighted by atomic mass is 9.90. The number of nitrogens with one attached hydrogen (secondary N) is 1. The van der Waals surface area contributed by atoms with E-state index in [-0.39, 0.29) is 12.3 Å². The van der Waals surface area contributed by atoms with Gasteiger partial charge in [0.1, 0.15) is 0 Å². The smallest absolute Gasteiger partial charge is 0.394 e. The Kier molecular flexibility index (Phi) is 4.61. The third kappa shape index (κ3) is 3.45. The Morgan fingerprint density at radius 1 is 1.30 bits per heavy atom. The molecule has 7 heteroatoms. The molecular weight excluding hydrogens is 339 g/mol. The molecule has 112 valence electrons. The number of halogens is 4. The van der Waals surface area contributed by atoms with Gasteiger partial charge in [0.2, 0.25) is 0 Å². The molecule has 1 aliphatic heterocycles. The summed E-state index contributed by atoms with van der Waals surface area (Å²) in [7, 11) is 0. The predicted molar refractivity (Wildman–Crippen MR) is 72.6 cm³/mol. The zero-order chi connectivity index (χ0) is 14.8. The number of ether oxygens (including phenoxy) is 1. The molecule has 0 atom stereocenters. The van der Waals surface area contributed by atoms with Gasteiger partial charge in [-0.2, -0.15) is 13.2 Å². The fraction of sp³-hybridized carbons (Fsp3) is 0.538. The molecule has 1 saturated heterocycles. The number of benzene rings is 1. The maximum atomic E-state index is 13.1. The van der Waals surface area contributed by atoms with Crippen molar-refractivity contribution >= 4 is 21.6 Å². The third-order valence-electron chi connectivity index (χ3n) is 3.44. The van der Waals surface area contributed by atoms with E-state index in [1.807, 2.05) is 0 Å². The molecule has 0 radical (unpaired) electrons. The summed E-state index contributed by atoms with van der Waals surface area (Å²) in [6, 6.07) is 3.95. The Bertz CT molecular complexity index is 473. The van der Waals surface area contributed by atoms with Crippen molar-refractivity contribution in [2.45, 2.75) is 24.6 Å². The van der Waals surface area contributed by atoms with Crippen LogP contribution in [0.1, 0.15) is 18.4 Å². The van der Waals surface area contributed by atoms with Gasteiger partial charge in [-0.1, -0.05) is 15.9 Å². The monoisotopic (exact) mass is 353 g/mol. The van der Waals surface area contributed by atoms with Crippen molar-refractivity contribution in [1.82, 2.24) is 0 Å². The van der Waals surface area contributed by atoms with Gasteiger partial charge in [-0.05, 0) is 31.0 Å². The fourth-order valence-corrected chi connectivity index (χ4v) is 2.59. The van der Waals surface area contributed by atoms with Crippen LogP contribution in [0.4, 0.5) is 18.9 Å². The Balaban J connectivity index is 2.32. The molecule has 1 aromatic rings. The first-order valence-electron chi connectivity index (χ1n) is 6.20. The van der Waals surface area contributed by atoms with E-state index in [1.165, 1.54) is 6.07 Å². The van der Waals surface area contributed by atoms with Gasteiger partial charge in [0.25, 0.3) is 0 Å². The molecule has 1 aromatic carbocycles. The molecule has 1 fully saturated rings. The highest BCUT2D eigenvalue weighted by molar-refractivity contribution is 9.10. The predicted octanol–water partition coefficient (Wildman–Crippen LogP) is 3.42. The maximum absolute atomic E-state index is 13.1. The van der Waals surface area contributed by atoms with Crippen LogP contribution in [0, 0.1) is 0 Å². The van der Waals surface area contributed by atoms with Crippen LogP contribution in [0.2, 0.25) is 0 Å². The fourth-order valence-electron chi connectivity index (χ4n) is 2.23. The molecule has 0 bridgehead atoms. The van der Waals surface area contributed by atoms with Crippen LogP contribution in [-0.2, 0) is 10.9 Å². The average Bonchev–Trinajstić information content (AvgIpc) is 2.41. The van der Waals surface area contributed by atoms with Crippen LogP contribution >= 0.6 is 15.9 Å². The number of rotatable bonds is 3. The van der Waals surface area contributed by atoms with Crippen LogP contribution in [0.3, 0.4) is 0 Å². The molecule has 0 saturated carbocycles. The molecule has 20 heavy (non-hydrogen) atoms. The van der Waals surface area contributed by atoms with Gasteiger partial charge >= 0.3 is 6.18 Å². The van der Waals surface area contributed by atoms with Crippen LogP contribution in [0.5, 0.6) is 0 Å². The van der Waals surface area contributed by atoms with Crippen LogP contribution < -0.4 is 5.32 Å². The van der Waals surface area contributed by atoms with E-state index in [2.05, 4.69) is 21.2 Å². The molecule has 1 aliphatic rings. The number of alkyl halides is 3. The molecule has 2 N–H and O–H groups in total. The molecule has 0 amide bonds. The molecular formula is C13H15BrF3NO2. The van der Waals surface area contributed by atoms with Crippen LogP contribution in [0.15, 0.2) is 22.7 Å². The number of hydrogen-bond donors (Lipinski definition) is 2. The van der Waals surface area contributed by atoms with Crippen molar-refractivity contribution in [3.05, 3.63) is 28.2 Å². The minimum absolute atomic E-state index is 0.0170. The summed E-state index contributed by atoms with van der Waals surface area (Å²) in [5, 5.41) is 12.4. The summed E-state index contributed by atoms with van der Waals surface area (Å²) in [5.41, 5.74) is -1.52. The molecule has 0 aromatic heterocycles. The van der Waals surface area contributed by atoms with E-state index >= 15 is 0 Å². The van der Waals surface area contributed by atoms with Crippen molar-refractivity contribution in [2.24, 2.45) is 0 Å². The van der Waals surface area contributed by atoms with Gasteiger partial charge in [-0.25, -0.2) is 0 Å². The van der Waals surface area contributed by atoms with E-state index < -0.39 is 17.3 Å². The minimum Gasteiger partial charge on any atom is -0.394 e. The SMILES string of the molecule is OCC1(Nc2ccc(Br)cc2C(F)(F)F)CCOCC1. The topological polar surface area (TPSA) is 41.5 Å².